The molecule has 0 saturated heterocycles. The van der Waals surface area contributed by atoms with Gasteiger partial charge in [-0.15, -0.1) is 11.3 Å². The minimum atomic E-state index is -0.440. The van der Waals surface area contributed by atoms with Crippen molar-refractivity contribution in [2.45, 2.75) is 19.8 Å². The molecule has 0 atom stereocenters. The fourth-order valence-corrected chi connectivity index (χ4v) is 3.11. The minimum absolute atomic E-state index is 0.272. The molecule has 0 unspecified atom stereocenters. The molecule has 2 rings (SSSR count). The highest BCUT2D eigenvalue weighted by atomic mass is 32.1. The molecular weight excluding hydrogens is 322 g/mol. The average Bonchev–Trinajstić information content (AvgIpc) is 3.02. The first-order valence-electron chi connectivity index (χ1n) is 7.62. The number of carbonyl (C=O) groups excluding carboxylic acids is 1. The summed E-state index contributed by atoms with van der Waals surface area (Å²) in [5.74, 6) is -0.167. The van der Waals surface area contributed by atoms with Crippen LogP contribution in [0.1, 0.15) is 40.9 Å². The van der Waals surface area contributed by atoms with Crippen molar-refractivity contribution in [2.75, 3.05) is 14.2 Å². The van der Waals surface area contributed by atoms with Gasteiger partial charge in [0.2, 0.25) is 0 Å². The lowest BCUT2D eigenvalue weighted by atomic mass is 10.1. The van der Waals surface area contributed by atoms with Gasteiger partial charge in [-0.1, -0.05) is 50.3 Å². The summed E-state index contributed by atoms with van der Waals surface area (Å²) >= 11 is 1.48. The largest absolute Gasteiger partial charge is 0.503 e. The van der Waals surface area contributed by atoms with Gasteiger partial charge in [0.25, 0.3) is 0 Å². The fourth-order valence-electron chi connectivity index (χ4n) is 2.06. The van der Waals surface area contributed by atoms with E-state index in [0.29, 0.717) is 5.57 Å². The molecule has 1 heterocycles. The summed E-state index contributed by atoms with van der Waals surface area (Å²) in [6.07, 6.45) is 5.30. The first-order valence-corrected chi connectivity index (χ1v) is 8.44. The second-order valence-electron chi connectivity index (χ2n) is 5.42. The van der Waals surface area contributed by atoms with E-state index in [1.165, 1.54) is 31.8 Å². The third kappa shape index (κ3) is 4.32. The number of hydrogen-bond donors (Lipinski definition) is 0. The summed E-state index contributed by atoms with van der Waals surface area (Å²) in [6, 6.07) is 9.95. The number of carbonyl (C=O) groups is 1. The molecule has 0 bridgehead atoms. The highest BCUT2D eigenvalue weighted by molar-refractivity contribution is 7.13. The predicted molar refractivity (Wildman–Crippen MR) is 98.6 cm³/mol. The van der Waals surface area contributed by atoms with E-state index in [-0.39, 0.29) is 5.92 Å². The zero-order valence-electron chi connectivity index (χ0n) is 14.3. The Bertz CT molecular complexity index is 745. The lowest BCUT2D eigenvalue weighted by Crippen LogP contribution is -2.04. The van der Waals surface area contributed by atoms with E-state index in [0.717, 1.165) is 21.1 Å². The van der Waals surface area contributed by atoms with Crippen LogP contribution in [0, 0.1) is 0 Å². The SMILES string of the molecule is COC=C(C(=O)OC)c1sc(C(C)C)nc1C=Cc1ccccc1. The third-order valence-electron chi connectivity index (χ3n) is 3.28. The molecule has 0 amide bonds. The molecule has 0 radical (unpaired) electrons. The number of benzene rings is 1. The number of aromatic nitrogens is 1. The van der Waals surface area contributed by atoms with Crippen LogP contribution >= 0.6 is 11.3 Å². The van der Waals surface area contributed by atoms with E-state index in [2.05, 4.69) is 18.8 Å². The maximum absolute atomic E-state index is 12.1. The van der Waals surface area contributed by atoms with E-state index >= 15 is 0 Å². The van der Waals surface area contributed by atoms with Crippen molar-refractivity contribution >= 4 is 35.0 Å². The van der Waals surface area contributed by atoms with Crippen molar-refractivity contribution in [2.24, 2.45) is 0 Å². The number of hydrogen-bond acceptors (Lipinski definition) is 5. The highest BCUT2D eigenvalue weighted by Gasteiger charge is 2.21. The number of thiazole rings is 1. The van der Waals surface area contributed by atoms with Gasteiger partial charge in [-0.2, -0.15) is 0 Å². The lowest BCUT2D eigenvalue weighted by Gasteiger charge is -2.03. The molecule has 0 aliphatic rings. The van der Waals surface area contributed by atoms with Crippen molar-refractivity contribution in [3.05, 3.63) is 57.7 Å². The zero-order chi connectivity index (χ0) is 17.5. The van der Waals surface area contributed by atoms with E-state index in [1.54, 1.807) is 0 Å². The van der Waals surface area contributed by atoms with E-state index in [9.17, 15) is 4.79 Å². The quantitative estimate of drug-likeness (QED) is 0.437. The smallest absolute Gasteiger partial charge is 0.342 e. The van der Waals surface area contributed by atoms with Crippen LogP contribution in [0.4, 0.5) is 0 Å². The van der Waals surface area contributed by atoms with Crippen LogP contribution in [0.5, 0.6) is 0 Å². The predicted octanol–water partition coefficient (Wildman–Crippen LogP) is 4.60. The van der Waals surface area contributed by atoms with Crippen molar-refractivity contribution in [1.29, 1.82) is 0 Å². The maximum atomic E-state index is 12.1. The van der Waals surface area contributed by atoms with Crippen molar-refractivity contribution in [1.82, 2.24) is 4.98 Å². The number of ether oxygens (including phenoxy) is 2. The molecule has 5 heteroatoms. The summed E-state index contributed by atoms with van der Waals surface area (Å²) in [4.78, 5) is 17.5. The molecule has 0 saturated carbocycles. The molecule has 0 N–H and O–H groups in total. The van der Waals surface area contributed by atoms with E-state index in [1.807, 2.05) is 42.5 Å². The van der Waals surface area contributed by atoms with E-state index < -0.39 is 5.97 Å². The minimum Gasteiger partial charge on any atom is -0.503 e. The molecule has 1 aromatic heterocycles. The molecule has 24 heavy (non-hydrogen) atoms. The Morgan fingerprint density at radius 2 is 1.88 bits per heavy atom. The second-order valence-corrected chi connectivity index (χ2v) is 6.45. The first kappa shape index (κ1) is 17.9. The van der Waals surface area contributed by atoms with Gasteiger partial charge in [-0.05, 0) is 11.6 Å². The molecule has 0 aliphatic carbocycles. The molecule has 126 valence electrons. The third-order valence-corrected chi connectivity index (χ3v) is 4.69. The molecule has 0 aliphatic heterocycles. The Hall–Kier alpha value is -2.40. The summed E-state index contributed by atoms with van der Waals surface area (Å²) < 4.78 is 9.94. The summed E-state index contributed by atoms with van der Waals surface area (Å²) in [5.41, 5.74) is 2.18. The number of esters is 1. The number of rotatable bonds is 6. The van der Waals surface area contributed by atoms with Crippen LogP contribution in [0.2, 0.25) is 0 Å². The van der Waals surface area contributed by atoms with Gasteiger partial charge < -0.3 is 9.47 Å². The summed E-state index contributed by atoms with van der Waals surface area (Å²) in [6.45, 7) is 4.15. The normalized spacial score (nSPS) is 12.0. The lowest BCUT2D eigenvalue weighted by molar-refractivity contribution is -0.133. The molecular formula is C19H21NO3S. The standard InChI is InChI=1S/C19H21NO3S/c1-13(2)18-20-16(11-10-14-8-6-5-7-9-14)17(24-18)15(12-22-3)19(21)23-4/h5-13H,1-4H3. The molecule has 2 aromatic rings. The molecule has 4 nitrogen and oxygen atoms in total. The van der Waals surface area contributed by atoms with Gasteiger partial charge in [0.15, 0.2) is 0 Å². The molecule has 0 spiro atoms. The van der Waals surface area contributed by atoms with Crippen molar-refractivity contribution in [3.8, 4) is 0 Å². The monoisotopic (exact) mass is 343 g/mol. The second kappa shape index (κ2) is 8.45. The van der Waals surface area contributed by atoms with Crippen LogP contribution in [0.25, 0.3) is 17.7 Å². The van der Waals surface area contributed by atoms with Gasteiger partial charge in [-0.25, -0.2) is 9.78 Å². The van der Waals surface area contributed by atoms with Gasteiger partial charge in [0.1, 0.15) is 5.57 Å². The Morgan fingerprint density at radius 3 is 2.46 bits per heavy atom. The van der Waals surface area contributed by atoms with Gasteiger partial charge >= 0.3 is 5.97 Å². The summed E-state index contributed by atoms with van der Waals surface area (Å²) in [7, 11) is 2.86. The van der Waals surface area contributed by atoms with Gasteiger partial charge in [-0.3, -0.25) is 0 Å². The topological polar surface area (TPSA) is 48.4 Å². The highest BCUT2D eigenvalue weighted by Crippen LogP contribution is 2.32. The Morgan fingerprint density at radius 1 is 1.17 bits per heavy atom. The van der Waals surface area contributed by atoms with Crippen LogP contribution in [-0.4, -0.2) is 25.2 Å². The Balaban J connectivity index is 2.48. The first-order chi connectivity index (χ1) is 11.6. The van der Waals surface area contributed by atoms with E-state index in [4.69, 9.17) is 9.47 Å². The zero-order valence-corrected chi connectivity index (χ0v) is 15.1. The fraction of sp³-hybridized carbons (Fsp3) is 0.263. The number of methoxy groups -OCH3 is 2. The Kier molecular flexibility index (Phi) is 6.32. The average molecular weight is 343 g/mol. The maximum Gasteiger partial charge on any atom is 0.342 e. The number of nitrogens with zero attached hydrogens (tertiary/aromatic N) is 1. The molecule has 0 fully saturated rings. The van der Waals surface area contributed by atoms with Crippen LogP contribution < -0.4 is 0 Å². The van der Waals surface area contributed by atoms with Crippen LogP contribution in [0.15, 0.2) is 36.6 Å². The Labute approximate surface area is 146 Å². The molecule has 1 aromatic carbocycles. The van der Waals surface area contributed by atoms with Crippen LogP contribution in [0.3, 0.4) is 0 Å². The van der Waals surface area contributed by atoms with Crippen molar-refractivity contribution < 1.29 is 14.3 Å². The van der Waals surface area contributed by atoms with Crippen molar-refractivity contribution in [3.63, 3.8) is 0 Å². The van der Waals surface area contributed by atoms with Crippen LogP contribution in [-0.2, 0) is 14.3 Å². The van der Waals surface area contributed by atoms with Gasteiger partial charge in [0, 0.05) is 5.92 Å². The van der Waals surface area contributed by atoms with Gasteiger partial charge in [0.05, 0.1) is 36.1 Å². The summed E-state index contributed by atoms with van der Waals surface area (Å²) in [5, 5.41) is 0.962.